The van der Waals surface area contributed by atoms with E-state index in [-0.39, 0.29) is 18.4 Å². The number of piperidine rings is 1. The lowest BCUT2D eigenvalue weighted by molar-refractivity contribution is 0.103. The van der Waals surface area contributed by atoms with Gasteiger partial charge in [0, 0.05) is 11.6 Å². The molecule has 118 valence electrons. The number of ether oxygens (including phenoxy) is 1. The molecule has 0 saturated carbocycles. The normalized spacial score (nSPS) is 21.1. The zero-order chi connectivity index (χ0) is 14.5. The van der Waals surface area contributed by atoms with E-state index in [9.17, 15) is 9.90 Å². The average Bonchev–Trinajstić information content (AvgIpc) is 2.41. The smallest absolute Gasteiger partial charge is 0.319 e. The number of hydrogen-bond acceptors (Lipinski definition) is 4. The van der Waals surface area contributed by atoms with Crippen molar-refractivity contribution in [3.8, 4) is 5.75 Å². The summed E-state index contributed by atoms with van der Waals surface area (Å²) in [6, 6.07) is 4.25. The Labute approximate surface area is 134 Å². The number of rotatable bonds is 3. The summed E-state index contributed by atoms with van der Waals surface area (Å²) in [4.78, 5) is 11.9. The SMILES string of the molecule is COc1ccc(Cl)cc1NC(=O)N[C@@H]1CNCC[C@H]1O.Cl. The highest BCUT2D eigenvalue weighted by atomic mass is 35.5. The third-order valence-corrected chi connectivity index (χ3v) is 3.41. The summed E-state index contributed by atoms with van der Waals surface area (Å²) in [5.74, 6) is 0.520. The van der Waals surface area contributed by atoms with Crippen molar-refractivity contribution in [3.63, 3.8) is 0 Å². The Morgan fingerprint density at radius 1 is 1.52 bits per heavy atom. The molecule has 6 nitrogen and oxygen atoms in total. The molecule has 1 aromatic rings. The van der Waals surface area contributed by atoms with E-state index in [0.29, 0.717) is 29.4 Å². The zero-order valence-corrected chi connectivity index (χ0v) is 13.1. The first-order chi connectivity index (χ1) is 9.60. The molecule has 1 fully saturated rings. The number of hydrogen-bond donors (Lipinski definition) is 4. The summed E-state index contributed by atoms with van der Waals surface area (Å²) >= 11 is 5.90. The van der Waals surface area contributed by atoms with E-state index >= 15 is 0 Å². The van der Waals surface area contributed by atoms with Crippen molar-refractivity contribution in [1.82, 2.24) is 10.6 Å². The van der Waals surface area contributed by atoms with Crippen LogP contribution in [0.25, 0.3) is 0 Å². The van der Waals surface area contributed by atoms with Crippen molar-refractivity contribution in [2.75, 3.05) is 25.5 Å². The second-order valence-electron chi connectivity index (χ2n) is 4.61. The molecule has 0 aliphatic carbocycles. The summed E-state index contributed by atoms with van der Waals surface area (Å²) in [5, 5.41) is 18.8. The summed E-state index contributed by atoms with van der Waals surface area (Å²) in [5.41, 5.74) is 0.482. The Morgan fingerprint density at radius 3 is 2.95 bits per heavy atom. The maximum absolute atomic E-state index is 11.9. The van der Waals surface area contributed by atoms with Crippen LogP contribution in [0.3, 0.4) is 0 Å². The lowest BCUT2D eigenvalue weighted by atomic mass is 10.0. The Balaban J connectivity index is 0.00000220. The minimum Gasteiger partial charge on any atom is -0.495 e. The molecule has 21 heavy (non-hydrogen) atoms. The number of aliphatic hydroxyl groups excluding tert-OH is 1. The molecule has 8 heteroatoms. The van der Waals surface area contributed by atoms with Gasteiger partial charge >= 0.3 is 6.03 Å². The van der Waals surface area contributed by atoms with Gasteiger partial charge in [-0.15, -0.1) is 12.4 Å². The molecule has 0 radical (unpaired) electrons. The minimum atomic E-state index is -0.539. The number of urea groups is 1. The molecule has 0 unspecified atom stereocenters. The molecule has 1 aliphatic heterocycles. The fourth-order valence-corrected chi connectivity index (χ4v) is 2.27. The molecule has 2 amide bonds. The number of benzene rings is 1. The monoisotopic (exact) mass is 335 g/mol. The van der Waals surface area contributed by atoms with Crippen LogP contribution in [0.2, 0.25) is 5.02 Å². The summed E-state index contributed by atoms with van der Waals surface area (Å²) in [7, 11) is 1.52. The molecule has 1 saturated heterocycles. The molecule has 2 rings (SSSR count). The number of carbonyl (C=O) groups is 1. The number of methoxy groups -OCH3 is 1. The second-order valence-corrected chi connectivity index (χ2v) is 5.05. The van der Waals surface area contributed by atoms with E-state index in [2.05, 4.69) is 16.0 Å². The molecule has 1 aromatic carbocycles. The van der Waals surface area contributed by atoms with E-state index in [1.807, 2.05) is 0 Å². The molecule has 0 bridgehead atoms. The van der Waals surface area contributed by atoms with Gasteiger partial charge in [0.2, 0.25) is 0 Å². The van der Waals surface area contributed by atoms with Gasteiger partial charge in [-0.3, -0.25) is 0 Å². The zero-order valence-electron chi connectivity index (χ0n) is 11.6. The van der Waals surface area contributed by atoms with Gasteiger partial charge in [0.05, 0.1) is 24.9 Å². The Kier molecular flexibility index (Phi) is 7.04. The van der Waals surface area contributed by atoms with Crippen molar-refractivity contribution < 1.29 is 14.6 Å². The predicted octanol–water partition coefficient (Wildman–Crippen LogP) is 1.61. The number of carbonyl (C=O) groups excluding carboxylic acids is 1. The lowest BCUT2D eigenvalue weighted by Gasteiger charge is -2.29. The van der Waals surface area contributed by atoms with Gasteiger partial charge in [-0.05, 0) is 31.2 Å². The fraction of sp³-hybridized carbons (Fsp3) is 0.462. The number of anilines is 1. The summed E-state index contributed by atoms with van der Waals surface area (Å²) in [6.45, 7) is 1.30. The highest BCUT2D eigenvalue weighted by Gasteiger charge is 2.24. The highest BCUT2D eigenvalue weighted by Crippen LogP contribution is 2.27. The maximum atomic E-state index is 11.9. The van der Waals surface area contributed by atoms with Crippen LogP contribution in [0.15, 0.2) is 18.2 Å². The van der Waals surface area contributed by atoms with E-state index in [1.165, 1.54) is 7.11 Å². The molecule has 0 aromatic heterocycles. The lowest BCUT2D eigenvalue weighted by Crippen LogP contribution is -2.54. The summed E-state index contributed by atoms with van der Waals surface area (Å²) in [6.07, 6.45) is 0.0778. The first-order valence-corrected chi connectivity index (χ1v) is 6.78. The van der Waals surface area contributed by atoms with Gasteiger partial charge in [-0.2, -0.15) is 0 Å². The Bertz CT molecular complexity index is 488. The quantitative estimate of drug-likeness (QED) is 0.676. The van der Waals surface area contributed by atoms with Crippen LogP contribution in [-0.4, -0.2) is 43.5 Å². The number of amides is 2. The molecule has 1 aliphatic rings. The van der Waals surface area contributed by atoms with E-state index in [4.69, 9.17) is 16.3 Å². The standard InChI is InChI=1S/C13H18ClN3O3.ClH/c1-20-12-3-2-8(14)6-9(12)16-13(19)17-10-7-15-5-4-11(10)18;/h2-3,6,10-11,15,18H,4-5,7H2,1H3,(H2,16,17,19);1H/t10-,11-;/m1./s1. The van der Waals surface area contributed by atoms with E-state index in [1.54, 1.807) is 18.2 Å². The molecule has 1 heterocycles. The van der Waals surface area contributed by atoms with Gasteiger partial charge < -0.3 is 25.8 Å². The van der Waals surface area contributed by atoms with Crippen LogP contribution in [0.5, 0.6) is 5.75 Å². The van der Waals surface area contributed by atoms with Crippen molar-refractivity contribution in [2.45, 2.75) is 18.6 Å². The summed E-state index contributed by atoms with van der Waals surface area (Å²) < 4.78 is 5.15. The Morgan fingerprint density at radius 2 is 2.29 bits per heavy atom. The first kappa shape index (κ1) is 17.8. The predicted molar refractivity (Wildman–Crippen MR) is 84.7 cm³/mol. The largest absolute Gasteiger partial charge is 0.495 e. The number of nitrogens with one attached hydrogen (secondary N) is 3. The third-order valence-electron chi connectivity index (χ3n) is 3.17. The van der Waals surface area contributed by atoms with Gasteiger partial charge in [0.15, 0.2) is 0 Å². The van der Waals surface area contributed by atoms with Gasteiger partial charge in [-0.25, -0.2) is 4.79 Å². The van der Waals surface area contributed by atoms with Crippen LogP contribution in [-0.2, 0) is 0 Å². The van der Waals surface area contributed by atoms with Gasteiger partial charge in [-0.1, -0.05) is 11.6 Å². The van der Waals surface area contributed by atoms with E-state index in [0.717, 1.165) is 6.54 Å². The van der Waals surface area contributed by atoms with Crippen LogP contribution < -0.4 is 20.7 Å². The highest BCUT2D eigenvalue weighted by molar-refractivity contribution is 6.31. The number of halogens is 2. The topological polar surface area (TPSA) is 82.6 Å². The maximum Gasteiger partial charge on any atom is 0.319 e. The van der Waals surface area contributed by atoms with Gasteiger partial charge in [0.25, 0.3) is 0 Å². The van der Waals surface area contributed by atoms with Crippen molar-refractivity contribution >= 4 is 35.7 Å². The molecule has 0 spiro atoms. The second kappa shape index (κ2) is 8.29. The van der Waals surface area contributed by atoms with Crippen LogP contribution in [0.4, 0.5) is 10.5 Å². The van der Waals surface area contributed by atoms with Crippen molar-refractivity contribution in [2.24, 2.45) is 0 Å². The van der Waals surface area contributed by atoms with Crippen molar-refractivity contribution in [1.29, 1.82) is 0 Å². The molecular weight excluding hydrogens is 317 g/mol. The molecule has 4 N–H and O–H groups in total. The Hall–Kier alpha value is -1.21. The fourth-order valence-electron chi connectivity index (χ4n) is 2.10. The minimum absolute atomic E-state index is 0. The third kappa shape index (κ3) is 4.93. The average molecular weight is 336 g/mol. The van der Waals surface area contributed by atoms with Crippen LogP contribution in [0, 0.1) is 0 Å². The van der Waals surface area contributed by atoms with Crippen LogP contribution in [0.1, 0.15) is 6.42 Å². The number of aliphatic hydroxyl groups is 1. The molecular formula is C13H19Cl2N3O3. The first-order valence-electron chi connectivity index (χ1n) is 6.40. The van der Waals surface area contributed by atoms with Gasteiger partial charge in [0.1, 0.15) is 5.75 Å². The van der Waals surface area contributed by atoms with E-state index < -0.39 is 12.1 Å². The molecule has 2 atom stereocenters. The van der Waals surface area contributed by atoms with Crippen molar-refractivity contribution in [3.05, 3.63) is 23.2 Å². The van der Waals surface area contributed by atoms with Crippen LogP contribution >= 0.6 is 24.0 Å².